The summed E-state index contributed by atoms with van der Waals surface area (Å²) in [5, 5.41) is 22.5. The molecule has 2 heterocycles. The van der Waals surface area contributed by atoms with Crippen molar-refractivity contribution < 1.29 is 24.4 Å². The lowest BCUT2D eigenvalue weighted by Crippen LogP contribution is -2.32. The van der Waals surface area contributed by atoms with E-state index < -0.39 is 7.12 Å². The maximum atomic E-state index is 9.28. The number of hydrogen-bond acceptors (Lipinski definition) is 6. The highest BCUT2D eigenvalue weighted by Gasteiger charge is 2.25. The third-order valence-electron chi connectivity index (χ3n) is 2.88. The highest BCUT2D eigenvalue weighted by atomic mass is 16.6. The van der Waals surface area contributed by atoms with Gasteiger partial charge in [-0.15, -0.1) is 0 Å². The Morgan fingerprint density at radius 1 is 1.11 bits per heavy atom. The fourth-order valence-electron chi connectivity index (χ4n) is 2.03. The number of ether oxygens (including phenoxy) is 2. The Morgan fingerprint density at radius 3 is 2.67 bits per heavy atom. The molecule has 0 unspecified atom stereocenters. The van der Waals surface area contributed by atoms with Gasteiger partial charge in [0.05, 0.1) is 5.71 Å². The van der Waals surface area contributed by atoms with Crippen molar-refractivity contribution in [2.24, 2.45) is 5.16 Å². The second-order valence-corrected chi connectivity index (χ2v) is 4.09. The minimum absolute atomic E-state index is 0.351. The normalized spacial score (nSPS) is 17.1. The number of rotatable bonds is 2. The van der Waals surface area contributed by atoms with E-state index in [-0.39, 0.29) is 0 Å². The van der Waals surface area contributed by atoms with E-state index in [1.807, 2.05) is 0 Å². The van der Waals surface area contributed by atoms with E-state index in [1.54, 1.807) is 12.1 Å². The molecule has 0 bridgehead atoms. The van der Waals surface area contributed by atoms with Gasteiger partial charge in [0.2, 0.25) is 0 Å². The van der Waals surface area contributed by atoms with Crippen LogP contribution in [0.4, 0.5) is 0 Å². The van der Waals surface area contributed by atoms with E-state index in [0.717, 1.165) is 5.71 Å². The van der Waals surface area contributed by atoms with Crippen molar-refractivity contribution in [3.8, 4) is 11.5 Å². The van der Waals surface area contributed by atoms with Crippen molar-refractivity contribution in [1.29, 1.82) is 0 Å². The van der Waals surface area contributed by atoms with E-state index >= 15 is 0 Å². The van der Waals surface area contributed by atoms with Crippen LogP contribution in [0.15, 0.2) is 17.3 Å². The lowest BCUT2D eigenvalue weighted by atomic mass is 9.78. The summed E-state index contributed by atoms with van der Waals surface area (Å²) in [6.07, 6.45) is 0.667. The molecule has 0 saturated heterocycles. The highest BCUT2D eigenvalue weighted by Crippen LogP contribution is 2.34. The summed E-state index contributed by atoms with van der Waals surface area (Å²) < 4.78 is 11.0. The van der Waals surface area contributed by atoms with E-state index in [0.29, 0.717) is 48.8 Å². The maximum Gasteiger partial charge on any atom is 0.488 e. The van der Waals surface area contributed by atoms with Crippen LogP contribution in [0.3, 0.4) is 0 Å². The molecule has 0 aliphatic carbocycles. The smallest absolute Gasteiger partial charge is 0.486 e. The quantitative estimate of drug-likeness (QED) is 0.675. The first-order valence-electron chi connectivity index (χ1n) is 5.74. The van der Waals surface area contributed by atoms with Crippen LogP contribution >= 0.6 is 0 Å². The summed E-state index contributed by atoms with van der Waals surface area (Å²) in [4.78, 5) is 4.97. The predicted molar refractivity (Wildman–Crippen MR) is 64.4 cm³/mol. The van der Waals surface area contributed by atoms with Crippen LogP contribution < -0.4 is 14.9 Å². The van der Waals surface area contributed by atoms with Crippen molar-refractivity contribution >= 4 is 18.3 Å². The standard InChI is InChI=1S/C11H12BNO5/c14-12(15)7-5-8(9-1-2-18-13-9)11-10(6-7)16-3-4-17-11/h5-6,14-15H,1-4H2. The fourth-order valence-corrected chi connectivity index (χ4v) is 2.03. The summed E-state index contributed by atoms with van der Waals surface area (Å²) >= 11 is 0. The summed E-state index contributed by atoms with van der Waals surface area (Å²) in [7, 11) is -1.55. The van der Waals surface area contributed by atoms with Crippen LogP contribution in [0, 0.1) is 0 Å². The minimum Gasteiger partial charge on any atom is -0.486 e. The van der Waals surface area contributed by atoms with Crippen LogP contribution in [0.5, 0.6) is 11.5 Å². The molecule has 0 aromatic heterocycles. The molecule has 2 N–H and O–H groups in total. The molecule has 0 fully saturated rings. The Morgan fingerprint density at radius 2 is 1.94 bits per heavy atom. The zero-order chi connectivity index (χ0) is 12.5. The van der Waals surface area contributed by atoms with Gasteiger partial charge in [-0.2, -0.15) is 0 Å². The van der Waals surface area contributed by atoms with Gasteiger partial charge < -0.3 is 24.4 Å². The van der Waals surface area contributed by atoms with Crippen molar-refractivity contribution in [2.45, 2.75) is 6.42 Å². The maximum absolute atomic E-state index is 9.28. The first-order valence-corrected chi connectivity index (χ1v) is 5.74. The molecule has 0 saturated carbocycles. The minimum atomic E-state index is -1.55. The first-order chi connectivity index (χ1) is 8.75. The molecular weight excluding hydrogens is 237 g/mol. The third-order valence-corrected chi connectivity index (χ3v) is 2.88. The average molecular weight is 249 g/mol. The largest absolute Gasteiger partial charge is 0.488 e. The predicted octanol–water partition coefficient (Wildman–Crippen LogP) is -0.738. The summed E-state index contributed by atoms with van der Waals surface area (Å²) in [6, 6.07) is 3.21. The number of benzene rings is 1. The monoisotopic (exact) mass is 249 g/mol. The van der Waals surface area contributed by atoms with Crippen LogP contribution in [0.25, 0.3) is 0 Å². The van der Waals surface area contributed by atoms with Crippen molar-refractivity contribution in [3.05, 3.63) is 17.7 Å². The van der Waals surface area contributed by atoms with Gasteiger partial charge in [-0.3, -0.25) is 0 Å². The van der Waals surface area contributed by atoms with Gasteiger partial charge in [0, 0.05) is 12.0 Å². The first kappa shape index (κ1) is 11.4. The molecule has 18 heavy (non-hydrogen) atoms. The highest BCUT2D eigenvalue weighted by molar-refractivity contribution is 6.58. The summed E-state index contributed by atoms with van der Waals surface area (Å²) in [5.74, 6) is 1.10. The van der Waals surface area contributed by atoms with E-state index in [2.05, 4.69) is 5.16 Å². The molecule has 1 aromatic carbocycles. The molecule has 0 radical (unpaired) electrons. The van der Waals surface area contributed by atoms with Crippen molar-refractivity contribution in [1.82, 2.24) is 0 Å². The van der Waals surface area contributed by atoms with Crippen LogP contribution in [-0.2, 0) is 4.84 Å². The molecule has 0 spiro atoms. The van der Waals surface area contributed by atoms with E-state index in [9.17, 15) is 10.0 Å². The van der Waals surface area contributed by atoms with Crippen molar-refractivity contribution in [3.63, 3.8) is 0 Å². The van der Waals surface area contributed by atoms with Crippen LogP contribution in [0.1, 0.15) is 12.0 Å². The number of oxime groups is 1. The number of nitrogens with zero attached hydrogens (tertiary/aromatic N) is 1. The molecule has 7 heteroatoms. The number of fused-ring (bicyclic) bond motifs is 1. The third kappa shape index (κ3) is 1.91. The van der Waals surface area contributed by atoms with Gasteiger partial charge in [-0.05, 0) is 17.6 Å². The van der Waals surface area contributed by atoms with E-state index in [1.165, 1.54) is 0 Å². The molecule has 1 aromatic rings. The zero-order valence-electron chi connectivity index (χ0n) is 9.63. The molecule has 0 atom stereocenters. The molecule has 94 valence electrons. The lowest BCUT2D eigenvalue weighted by molar-refractivity contribution is 0.170. The molecule has 0 amide bonds. The Kier molecular flexibility index (Phi) is 2.85. The lowest BCUT2D eigenvalue weighted by Gasteiger charge is -2.22. The van der Waals surface area contributed by atoms with Crippen LogP contribution in [0.2, 0.25) is 0 Å². The summed E-state index contributed by atoms with van der Waals surface area (Å²) in [5.41, 5.74) is 1.79. The molecule has 2 aliphatic rings. The number of hydrogen-bond donors (Lipinski definition) is 2. The fraction of sp³-hybridized carbons (Fsp3) is 0.364. The molecule has 3 rings (SSSR count). The van der Waals surface area contributed by atoms with Gasteiger partial charge in [0.15, 0.2) is 11.5 Å². The van der Waals surface area contributed by atoms with Crippen molar-refractivity contribution in [2.75, 3.05) is 19.8 Å². The van der Waals surface area contributed by atoms with E-state index in [4.69, 9.17) is 14.3 Å². The second-order valence-electron chi connectivity index (χ2n) is 4.09. The topological polar surface area (TPSA) is 80.5 Å². The average Bonchev–Trinajstić information content (AvgIpc) is 2.91. The molecule has 2 aliphatic heterocycles. The Balaban J connectivity index is 2.11. The van der Waals surface area contributed by atoms with Gasteiger partial charge >= 0.3 is 7.12 Å². The second kappa shape index (κ2) is 4.51. The Bertz CT molecular complexity index is 502. The molecular formula is C11H12BNO5. The van der Waals surface area contributed by atoms with Gasteiger partial charge in [-0.25, -0.2) is 0 Å². The Labute approximate surface area is 104 Å². The van der Waals surface area contributed by atoms with Gasteiger partial charge in [0.25, 0.3) is 0 Å². The molecule has 6 nitrogen and oxygen atoms in total. The van der Waals surface area contributed by atoms with Crippen LogP contribution in [-0.4, -0.2) is 42.7 Å². The zero-order valence-corrected chi connectivity index (χ0v) is 9.63. The van der Waals surface area contributed by atoms with Gasteiger partial charge in [-0.1, -0.05) is 5.16 Å². The van der Waals surface area contributed by atoms with Gasteiger partial charge in [0.1, 0.15) is 19.8 Å². The SMILES string of the molecule is OB(O)c1cc2c(c(C3=NOCC3)c1)OCCO2. The summed E-state index contributed by atoms with van der Waals surface area (Å²) in [6.45, 7) is 1.44. The Hall–Kier alpha value is -1.73.